The molecular formula is C13H13N3O2. The van der Waals surface area contributed by atoms with Crippen molar-refractivity contribution in [1.82, 2.24) is 14.9 Å². The van der Waals surface area contributed by atoms with Crippen LogP contribution in [0, 0.1) is 0 Å². The highest BCUT2D eigenvalue weighted by Gasteiger charge is 2.20. The Labute approximate surface area is 104 Å². The van der Waals surface area contributed by atoms with Crippen molar-refractivity contribution in [2.75, 3.05) is 13.1 Å². The summed E-state index contributed by atoms with van der Waals surface area (Å²) in [6.07, 6.45) is 3.17. The molecule has 1 aliphatic heterocycles. The zero-order valence-electron chi connectivity index (χ0n) is 9.87. The molecule has 0 aliphatic carbocycles. The quantitative estimate of drug-likeness (QED) is 0.770. The molecule has 5 nitrogen and oxygen atoms in total. The Morgan fingerprint density at radius 1 is 1.17 bits per heavy atom. The van der Waals surface area contributed by atoms with E-state index in [0.29, 0.717) is 5.88 Å². The van der Waals surface area contributed by atoms with Crippen LogP contribution in [0.4, 0.5) is 4.79 Å². The van der Waals surface area contributed by atoms with Crippen molar-refractivity contribution >= 4 is 17.0 Å². The molecule has 1 aliphatic rings. The molecule has 3 rings (SSSR count). The molecule has 18 heavy (non-hydrogen) atoms. The molecular weight excluding hydrogens is 230 g/mol. The molecule has 1 aromatic heterocycles. The van der Waals surface area contributed by atoms with Crippen LogP contribution < -0.4 is 4.74 Å². The number of benzene rings is 1. The van der Waals surface area contributed by atoms with Crippen molar-refractivity contribution < 1.29 is 9.53 Å². The maximum absolute atomic E-state index is 11.9. The second-order valence-corrected chi connectivity index (χ2v) is 4.26. The summed E-state index contributed by atoms with van der Waals surface area (Å²) in [5, 5.41) is 0.757. The van der Waals surface area contributed by atoms with Gasteiger partial charge < -0.3 is 9.64 Å². The lowest BCUT2D eigenvalue weighted by Gasteiger charge is -2.14. The number of carbonyl (C=O) groups is 1. The van der Waals surface area contributed by atoms with Gasteiger partial charge in [-0.25, -0.2) is 14.8 Å². The second-order valence-electron chi connectivity index (χ2n) is 4.26. The Kier molecular flexibility index (Phi) is 2.80. The van der Waals surface area contributed by atoms with E-state index in [4.69, 9.17) is 4.74 Å². The van der Waals surface area contributed by atoms with Gasteiger partial charge in [-0.1, -0.05) is 12.1 Å². The summed E-state index contributed by atoms with van der Waals surface area (Å²) < 4.78 is 5.35. The van der Waals surface area contributed by atoms with E-state index < -0.39 is 0 Å². The van der Waals surface area contributed by atoms with E-state index in [1.165, 1.54) is 6.33 Å². The summed E-state index contributed by atoms with van der Waals surface area (Å²) in [6, 6.07) is 7.48. The van der Waals surface area contributed by atoms with E-state index in [1.54, 1.807) is 4.90 Å². The summed E-state index contributed by atoms with van der Waals surface area (Å²) in [6.45, 7) is 1.53. The molecule has 0 atom stereocenters. The maximum Gasteiger partial charge on any atom is 0.416 e. The third-order valence-corrected chi connectivity index (χ3v) is 3.05. The lowest BCUT2D eigenvalue weighted by Crippen LogP contribution is -2.30. The first-order chi connectivity index (χ1) is 8.84. The van der Waals surface area contributed by atoms with Crippen LogP contribution in [0.15, 0.2) is 30.6 Å². The number of fused-ring (bicyclic) bond motifs is 1. The zero-order chi connectivity index (χ0) is 12.4. The number of para-hydroxylation sites is 1. The van der Waals surface area contributed by atoms with E-state index in [2.05, 4.69) is 9.97 Å². The van der Waals surface area contributed by atoms with Gasteiger partial charge in [-0.15, -0.1) is 0 Å². The molecule has 2 aromatic rings. The third-order valence-electron chi connectivity index (χ3n) is 3.05. The highest BCUT2D eigenvalue weighted by molar-refractivity contribution is 5.85. The Morgan fingerprint density at radius 3 is 2.78 bits per heavy atom. The monoisotopic (exact) mass is 243 g/mol. The summed E-state index contributed by atoms with van der Waals surface area (Å²) in [4.78, 5) is 21.8. The van der Waals surface area contributed by atoms with Gasteiger partial charge in [0.25, 0.3) is 0 Å². The molecule has 5 heteroatoms. The third kappa shape index (κ3) is 1.99. The largest absolute Gasteiger partial charge is 0.416 e. The number of hydrogen-bond donors (Lipinski definition) is 0. The first-order valence-corrected chi connectivity index (χ1v) is 6.01. The van der Waals surface area contributed by atoms with E-state index >= 15 is 0 Å². The molecule has 0 N–H and O–H groups in total. The first-order valence-electron chi connectivity index (χ1n) is 6.01. The molecule has 0 unspecified atom stereocenters. The summed E-state index contributed by atoms with van der Waals surface area (Å²) in [5.41, 5.74) is 0.775. The van der Waals surface area contributed by atoms with Crippen molar-refractivity contribution in [2.45, 2.75) is 12.8 Å². The predicted octanol–water partition coefficient (Wildman–Crippen LogP) is 2.22. The van der Waals surface area contributed by atoms with Gasteiger partial charge in [0, 0.05) is 13.1 Å². The molecule has 92 valence electrons. The minimum absolute atomic E-state index is 0.323. The average Bonchev–Trinajstić information content (AvgIpc) is 2.93. The van der Waals surface area contributed by atoms with Gasteiger partial charge >= 0.3 is 6.09 Å². The van der Waals surface area contributed by atoms with Crippen LogP contribution in [0.25, 0.3) is 10.9 Å². The summed E-state index contributed by atoms with van der Waals surface area (Å²) >= 11 is 0. The SMILES string of the molecule is O=C(Oc1ncnc2ccccc12)N1CCCC1. The number of nitrogens with zero attached hydrogens (tertiary/aromatic N) is 3. The van der Waals surface area contributed by atoms with E-state index in [-0.39, 0.29) is 6.09 Å². The van der Waals surface area contributed by atoms with Gasteiger partial charge in [0.15, 0.2) is 0 Å². The molecule has 0 spiro atoms. The molecule has 1 saturated heterocycles. The van der Waals surface area contributed by atoms with E-state index in [0.717, 1.165) is 36.8 Å². The molecule has 0 bridgehead atoms. The molecule has 1 amide bonds. The maximum atomic E-state index is 11.9. The van der Waals surface area contributed by atoms with Crippen LogP contribution in [0.3, 0.4) is 0 Å². The molecule has 1 aromatic carbocycles. The van der Waals surface area contributed by atoms with Gasteiger partial charge in [-0.2, -0.15) is 0 Å². The van der Waals surface area contributed by atoms with Gasteiger partial charge in [-0.3, -0.25) is 0 Å². The second kappa shape index (κ2) is 4.60. The smallest absolute Gasteiger partial charge is 0.390 e. The predicted molar refractivity (Wildman–Crippen MR) is 66.4 cm³/mol. The van der Waals surface area contributed by atoms with Crippen LogP contribution in [-0.2, 0) is 0 Å². The normalized spacial score (nSPS) is 15.0. The van der Waals surface area contributed by atoms with E-state index in [9.17, 15) is 4.79 Å². The van der Waals surface area contributed by atoms with Crippen LogP contribution >= 0.6 is 0 Å². The minimum atomic E-state index is -0.323. The number of carbonyl (C=O) groups excluding carboxylic acids is 1. The summed E-state index contributed by atoms with van der Waals surface area (Å²) in [7, 11) is 0. The van der Waals surface area contributed by atoms with Crippen molar-refractivity contribution in [1.29, 1.82) is 0 Å². The number of aromatic nitrogens is 2. The number of ether oxygens (including phenoxy) is 1. The number of likely N-dealkylation sites (tertiary alicyclic amines) is 1. The van der Waals surface area contributed by atoms with Crippen molar-refractivity contribution in [3.8, 4) is 5.88 Å². The molecule has 2 heterocycles. The lowest BCUT2D eigenvalue weighted by molar-refractivity contribution is 0.161. The highest BCUT2D eigenvalue weighted by atomic mass is 16.6. The highest BCUT2D eigenvalue weighted by Crippen LogP contribution is 2.21. The fourth-order valence-electron chi connectivity index (χ4n) is 2.11. The molecule has 0 saturated carbocycles. The number of amides is 1. The van der Waals surface area contributed by atoms with Gasteiger partial charge in [0.1, 0.15) is 6.33 Å². The van der Waals surface area contributed by atoms with Crippen molar-refractivity contribution in [3.05, 3.63) is 30.6 Å². The molecule has 1 fully saturated rings. The Balaban J connectivity index is 1.88. The van der Waals surface area contributed by atoms with Gasteiger partial charge in [0.05, 0.1) is 10.9 Å². The average molecular weight is 243 g/mol. The van der Waals surface area contributed by atoms with Crippen molar-refractivity contribution in [2.24, 2.45) is 0 Å². The standard InChI is InChI=1S/C13H13N3O2/c17-13(16-7-3-4-8-16)18-12-10-5-1-2-6-11(10)14-9-15-12/h1-2,5-6,9H,3-4,7-8H2. The topological polar surface area (TPSA) is 55.3 Å². The van der Waals surface area contributed by atoms with E-state index in [1.807, 2.05) is 24.3 Å². The number of hydrogen-bond acceptors (Lipinski definition) is 4. The molecule has 0 radical (unpaired) electrons. The fraction of sp³-hybridized carbons (Fsp3) is 0.308. The zero-order valence-corrected chi connectivity index (χ0v) is 9.87. The minimum Gasteiger partial charge on any atom is -0.390 e. The fourth-order valence-corrected chi connectivity index (χ4v) is 2.11. The van der Waals surface area contributed by atoms with Crippen LogP contribution in [0.5, 0.6) is 5.88 Å². The Morgan fingerprint density at radius 2 is 1.94 bits per heavy atom. The Bertz CT molecular complexity index is 574. The van der Waals surface area contributed by atoms with Gasteiger partial charge in [0.2, 0.25) is 5.88 Å². The lowest BCUT2D eigenvalue weighted by atomic mass is 10.2. The van der Waals surface area contributed by atoms with Crippen molar-refractivity contribution in [3.63, 3.8) is 0 Å². The first kappa shape index (κ1) is 11.0. The number of rotatable bonds is 1. The Hall–Kier alpha value is -2.17. The van der Waals surface area contributed by atoms with Crippen LogP contribution in [-0.4, -0.2) is 34.1 Å². The van der Waals surface area contributed by atoms with Gasteiger partial charge in [-0.05, 0) is 25.0 Å². The van der Waals surface area contributed by atoms with Crippen LogP contribution in [0.1, 0.15) is 12.8 Å². The van der Waals surface area contributed by atoms with Crippen LogP contribution in [0.2, 0.25) is 0 Å². The summed E-state index contributed by atoms with van der Waals surface area (Å²) in [5.74, 6) is 0.331.